The first-order chi connectivity index (χ1) is 9.10. The monoisotopic (exact) mass is 264 g/mol. The Labute approximate surface area is 111 Å². The van der Waals surface area contributed by atoms with E-state index < -0.39 is 5.82 Å². The molecule has 4 nitrogen and oxygen atoms in total. The van der Waals surface area contributed by atoms with E-state index >= 15 is 0 Å². The Kier molecular flexibility index (Phi) is 4.14. The fourth-order valence-electron chi connectivity index (χ4n) is 2.04. The number of carbonyl (C=O) groups excluding carboxylic acids is 2. The molecule has 0 aliphatic carbocycles. The van der Waals surface area contributed by atoms with E-state index in [4.69, 9.17) is 0 Å². The Morgan fingerprint density at radius 2 is 2.21 bits per heavy atom. The third kappa shape index (κ3) is 3.30. The van der Waals surface area contributed by atoms with Crippen LogP contribution in [0.1, 0.15) is 38.2 Å². The van der Waals surface area contributed by atoms with Crippen molar-refractivity contribution >= 4 is 23.2 Å². The number of halogens is 1. The molecule has 0 radical (unpaired) electrons. The Morgan fingerprint density at radius 3 is 2.95 bits per heavy atom. The highest BCUT2D eigenvalue weighted by Crippen LogP contribution is 2.28. The predicted octanol–water partition coefficient (Wildman–Crippen LogP) is 2.84. The van der Waals surface area contributed by atoms with E-state index in [1.54, 1.807) is 0 Å². The van der Waals surface area contributed by atoms with E-state index in [9.17, 15) is 14.0 Å². The van der Waals surface area contributed by atoms with Gasteiger partial charge in [0.1, 0.15) is 5.82 Å². The number of unbranched alkanes of at least 4 members (excludes halogenated alkanes) is 1. The molecule has 19 heavy (non-hydrogen) atoms. The summed E-state index contributed by atoms with van der Waals surface area (Å²) in [5.41, 5.74) is 1.48. The Balaban J connectivity index is 2.15. The van der Waals surface area contributed by atoms with Crippen molar-refractivity contribution in [1.29, 1.82) is 0 Å². The smallest absolute Gasteiger partial charge is 0.224 e. The Hall–Kier alpha value is -1.91. The van der Waals surface area contributed by atoms with Gasteiger partial charge in [-0.25, -0.2) is 4.39 Å². The molecule has 2 rings (SSSR count). The van der Waals surface area contributed by atoms with Crippen LogP contribution in [0, 0.1) is 5.82 Å². The first-order valence-electron chi connectivity index (χ1n) is 6.52. The minimum atomic E-state index is -0.459. The second kappa shape index (κ2) is 5.82. The molecular formula is C14H17FN2O2. The molecule has 1 aliphatic heterocycles. The van der Waals surface area contributed by atoms with E-state index in [-0.39, 0.29) is 17.5 Å². The van der Waals surface area contributed by atoms with Crippen LogP contribution < -0.4 is 10.6 Å². The van der Waals surface area contributed by atoms with E-state index in [2.05, 4.69) is 10.6 Å². The normalized spacial score (nSPS) is 13.7. The summed E-state index contributed by atoms with van der Waals surface area (Å²) < 4.78 is 13.8. The van der Waals surface area contributed by atoms with Gasteiger partial charge < -0.3 is 10.6 Å². The van der Waals surface area contributed by atoms with Crippen LogP contribution in [0.5, 0.6) is 0 Å². The molecule has 1 aromatic rings. The zero-order valence-electron chi connectivity index (χ0n) is 10.9. The minimum absolute atomic E-state index is 0.0811. The van der Waals surface area contributed by atoms with E-state index in [0.29, 0.717) is 24.9 Å². The van der Waals surface area contributed by atoms with Crippen LogP contribution in [0.25, 0.3) is 0 Å². The molecule has 2 N–H and O–H groups in total. The van der Waals surface area contributed by atoms with Crippen molar-refractivity contribution in [2.24, 2.45) is 0 Å². The number of amides is 2. The zero-order valence-corrected chi connectivity index (χ0v) is 10.9. The molecule has 1 aliphatic rings. The minimum Gasteiger partial charge on any atom is -0.326 e. The van der Waals surface area contributed by atoms with Crippen LogP contribution in [0.2, 0.25) is 0 Å². The zero-order chi connectivity index (χ0) is 13.8. The summed E-state index contributed by atoms with van der Waals surface area (Å²) in [6, 6.07) is 2.87. The topological polar surface area (TPSA) is 58.2 Å². The highest BCUT2D eigenvalue weighted by molar-refractivity contribution is 5.96. The number of aryl methyl sites for hydroxylation is 1. The van der Waals surface area contributed by atoms with Gasteiger partial charge in [0.2, 0.25) is 11.8 Å². The van der Waals surface area contributed by atoms with Gasteiger partial charge in [-0.2, -0.15) is 0 Å². The van der Waals surface area contributed by atoms with Crippen molar-refractivity contribution in [1.82, 2.24) is 0 Å². The summed E-state index contributed by atoms with van der Waals surface area (Å²) in [6.45, 7) is 1.99. The number of hydrogen-bond acceptors (Lipinski definition) is 2. The van der Waals surface area contributed by atoms with Crippen molar-refractivity contribution in [3.8, 4) is 0 Å². The van der Waals surface area contributed by atoms with Gasteiger partial charge in [-0.3, -0.25) is 9.59 Å². The largest absolute Gasteiger partial charge is 0.326 e. The number of hydrogen-bond donors (Lipinski definition) is 2. The lowest BCUT2D eigenvalue weighted by atomic mass is 10.0. The fraction of sp³-hybridized carbons (Fsp3) is 0.429. The molecule has 0 bridgehead atoms. The summed E-state index contributed by atoms with van der Waals surface area (Å²) in [7, 11) is 0. The lowest BCUT2D eigenvalue weighted by Gasteiger charge is -2.18. The fourth-order valence-corrected chi connectivity index (χ4v) is 2.04. The molecule has 1 heterocycles. The Bertz CT molecular complexity index is 514. The maximum absolute atomic E-state index is 13.8. The summed E-state index contributed by atoms with van der Waals surface area (Å²) >= 11 is 0. The van der Waals surface area contributed by atoms with Gasteiger partial charge in [0.05, 0.1) is 5.69 Å². The third-order valence-corrected chi connectivity index (χ3v) is 3.12. The van der Waals surface area contributed by atoms with Crippen LogP contribution in [0.3, 0.4) is 0 Å². The number of carbonyl (C=O) groups is 2. The standard InChI is InChI=1S/C14H17FN2O2/c1-2-3-4-13(18)17-12-8-11-9(7-10(12)15)5-6-14(19)16-11/h7-8H,2-6H2,1H3,(H,16,19)(H,17,18). The average molecular weight is 264 g/mol. The van der Waals surface area contributed by atoms with Crippen molar-refractivity contribution < 1.29 is 14.0 Å². The maximum atomic E-state index is 13.8. The highest BCUT2D eigenvalue weighted by atomic mass is 19.1. The van der Waals surface area contributed by atoms with Gasteiger partial charge in [0.15, 0.2) is 0 Å². The van der Waals surface area contributed by atoms with Crippen LogP contribution in [-0.4, -0.2) is 11.8 Å². The van der Waals surface area contributed by atoms with E-state index in [1.165, 1.54) is 12.1 Å². The molecule has 2 amide bonds. The van der Waals surface area contributed by atoms with Gasteiger partial charge in [0.25, 0.3) is 0 Å². The lowest BCUT2D eigenvalue weighted by molar-refractivity contribution is -0.117. The number of benzene rings is 1. The van der Waals surface area contributed by atoms with Gasteiger partial charge in [-0.05, 0) is 30.5 Å². The highest BCUT2D eigenvalue weighted by Gasteiger charge is 2.18. The van der Waals surface area contributed by atoms with Crippen molar-refractivity contribution in [2.45, 2.75) is 39.0 Å². The van der Waals surface area contributed by atoms with Gasteiger partial charge in [-0.15, -0.1) is 0 Å². The first-order valence-corrected chi connectivity index (χ1v) is 6.52. The van der Waals surface area contributed by atoms with Crippen molar-refractivity contribution in [3.05, 3.63) is 23.5 Å². The molecule has 0 spiro atoms. The number of anilines is 2. The summed E-state index contributed by atoms with van der Waals surface area (Å²) in [4.78, 5) is 22.9. The molecule has 0 unspecified atom stereocenters. The van der Waals surface area contributed by atoms with Crippen molar-refractivity contribution in [3.63, 3.8) is 0 Å². The molecule has 0 atom stereocenters. The van der Waals surface area contributed by atoms with Gasteiger partial charge in [0, 0.05) is 18.5 Å². The Morgan fingerprint density at radius 1 is 1.42 bits per heavy atom. The molecule has 0 aromatic heterocycles. The van der Waals surface area contributed by atoms with Crippen LogP contribution in [-0.2, 0) is 16.0 Å². The lowest BCUT2D eigenvalue weighted by Crippen LogP contribution is -2.20. The number of rotatable bonds is 4. The van der Waals surface area contributed by atoms with Crippen LogP contribution in [0.15, 0.2) is 12.1 Å². The molecule has 0 saturated carbocycles. The summed E-state index contributed by atoms with van der Waals surface area (Å²) in [6.07, 6.45) is 2.96. The van der Waals surface area contributed by atoms with E-state index in [1.807, 2.05) is 6.92 Å². The molecular weight excluding hydrogens is 247 g/mol. The SMILES string of the molecule is CCCCC(=O)Nc1cc2c(cc1F)CCC(=O)N2. The number of nitrogens with one attached hydrogen (secondary N) is 2. The quantitative estimate of drug-likeness (QED) is 0.878. The molecule has 102 valence electrons. The maximum Gasteiger partial charge on any atom is 0.224 e. The third-order valence-electron chi connectivity index (χ3n) is 3.12. The van der Waals surface area contributed by atoms with Crippen LogP contribution >= 0.6 is 0 Å². The average Bonchev–Trinajstić information content (AvgIpc) is 2.38. The van der Waals surface area contributed by atoms with Gasteiger partial charge in [-0.1, -0.05) is 13.3 Å². The summed E-state index contributed by atoms with van der Waals surface area (Å²) in [5.74, 6) is -0.745. The molecule has 0 saturated heterocycles. The molecule has 1 aromatic carbocycles. The second-order valence-corrected chi connectivity index (χ2v) is 4.69. The van der Waals surface area contributed by atoms with Gasteiger partial charge >= 0.3 is 0 Å². The second-order valence-electron chi connectivity index (χ2n) is 4.69. The molecule has 0 fully saturated rings. The van der Waals surface area contributed by atoms with Crippen LogP contribution in [0.4, 0.5) is 15.8 Å². The number of fused-ring (bicyclic) bond motifs is 1. The molecule has 5 heteroatoms. The first kappa shape index (κ1) is 13.5. The van der Waals surface area contributed by atoms with E-state index in [0.717, 1.165) is 18.4 Å². The predicted molar refractivity (Wildman–Crippen MR) is 71.5 cm³/mol. The summed E-state index contributed by atoms with van der Waals surface area (Å²) in [5, 5.41) is 5.23. The van der Waals surface area contributed by atoms with Crippen molar-refractivity contribution in [2.75, 3.05) is 10.6 Å².